The van der Waals surface area contributed by atoms with Gasteiger partial charge in [-0.1, -0.05) is 23.7 Å². The smallest absolute Gasteiger partial charge is 0.153 e. The van der Waals surface area contributed by atoms with Crippen molar-refractivity contribution in [2.24, 2.45) is 0 Å². The summed E-state index contributed by atoms with van der Waals surface area (Å²) in [4.78, 5) is 13.2. The fraction of sp³-hybridized carbons (Fsp3) is 0.188. The zero-order valence-electron chi connectivity index (χ0n) is 11.3. The van der Waals surface area contributed by atoms with E-state index in [-0.39, 0.29) is 0 Å². The van der Waals surface area contributed by atoms with Gasteiger partial charge in [0, 0.05) is 12.7 Å². The summed E-state index contributed by atoms with van der Waals surface area (Å²) in [6, 6.07) is 11.8. The van der Waals surface area contributed by atoms with E-state index in [1.165, 1.54) is 11.1 Å². The zero-order chi connectivity index (χ0) is 14.0. The molecule has 0 aromatic heterocycles. The van der Waals surface area contributed by atoms with E-state index < -0.39 is 0 Å². The summed E-state index contributed by atoms with van der Waals surface area (Å²) < 4.78 is 0. The molecule has 0 radical (unpaired) electrons. The average Bonchev–Trinajstić information content (AvgIpc) is 2.36. The predicted octanol–water partition coefficient (Wildman–Crippen LogP) is 4.54. The van der Waals surface area contributed by atoms with Gasteiger partial charge in [-0.2, -0.15) is 0 Å². The number of halogens is 1. The maximum absolute atomic E-state index is 11.2. The van der Waals surface area contributed by atoms with E-state index in [0.717, 1.165) is 17.7 Å². The molecule has 0 bridgehead atoms. The van der Waals surface area contributed by atoms with Gasteiger partial charge in [-0.05, 0) is 49.2 Å². The molecule has 0 aliphatic rings. The maximum atomic E-state index is 11.2. The van der Waals surface area contributed by atoms with Crippen molar-refractivity contribution in [2.45, 2.75) is 13.8 Å². The third-order valence-electron chi connectivity index (χ3n) is 3.10. The van der Waals surface area contributed by atoms with Crippen molar-refractivity contribution in [3.63, 3.8) is 0 Å². The van der Waals surface area contributed by atoms with Gasteiger partial charge in [0.05, 0.1) is 16.3 Å². The highest BCUT2D eigenvalue weighted by Crippen LogP contribution is 2.31. The first-order valence-electron chi connectivity index (χ1n) is 6.08. The first-order valence-corrected chi connectivity index (χ1v) is 6.46. The third-order valence-corrected chi connectivity index (χ3v) is 3.43. The van der Waals surface area contributed by atoms with E-state index in [1.54, 1.807) is 6.07 Å². The van der Waals surface area contributed by atoms with Gasteiger partial charge >= 0.3 is 0 Å². The minimum atomic E-state index is 0.476. The van der Waals surface area contributed by atoms with Crippen LogP contribution in [0, 0.1) is 13.8 Å². The number of aryl methyl sites for hydroxylation is 2. The fourth-order valence-electron chi connectivity index (χ4n) is 2.22. The number of hydrogen-bond acceptors (Lipinski definition) is 2. The summed E-state index contributed by atoms with van der Waals surface area (Å²) in [6.07, 6.45) is 0.802. The topological polar surface area (TPSA) is 20.3 Å². The Kier molecular flexibility index (Phi) is 3.91. The van der Waals surface area contributed by atoms with Crippen LogP contribution in [0.15, 0.2) is 36.4 Å². The Morgan fingerprint density at radius 2 is 1.74 bits per heavy atom. The van der Waals surface area contributed by atoms with Crippen molar-refractivity contribution >= 4 is 29.3 Å². The van der Waals surface area contributed by atoms with Crippen LogP contribution in [0.3, 0.4) is 0 Å². The van der Waals surface area contributed by atoms with E-state index >= 15 is 0 Å². The van der Waals surface area contributed by atoms with E-state index in [1.807, 2.05) is 24.1 Å². The molecule has 0 saturated carbocycles. The second-order valence-electron chi connectivity index (χ2n) is 4.70. The normalized spacial score (nSPS) is 10.3. The molecule has 0 fully saturated rings. The second-order valence-corrected chi connectivity index (χ2v) is 5.10. The van der Waals surface area contributed by atoms with Crippen LogP contribution in [-0.4, -0.2) is 13.3 Å². The summed E-state index contributed by atoms with van der Waals surface area (Å²) in [5.41, 5.74) is 4.76. The molecule has 0 heterocycles. The lowest BCUT2D eigenvalue weighted by Crippen LogP contribution is -2.12. The predicted molar refractivity (Wildman–Crippen MR) is 80.8 cm³/mol. The van der Waals surface area contributed by atoms with Gasteiger partial charge in [-0.25, -0.2) is 0 Å². The van der Waals surface area contributed by atoms with Gasteiger partial charge in [0.15, 0.2) is 6.29 Å². The largest absolute Gasteiger partial charge is 0.344 e. The van der Waals surface area contributed by atoms with Crippen LogP contribution in [0.1, 0.15) is 21.5 Å². The van der Waals surface area contributed by atoms with Crippen LogP contribution in [0.4, 0.5) is 11.4 Å². The van der Waals surface area contributed by atoms with Crippen LogP contribution in [0.5, 0.6) is 0 Å². The van der Waals surface area contributed by atoms with Crippen LogP contribution >= 0.6 is 11.6 Å². The van der Waals surface area contributed by atoms with Crippen molar-refractivity contribution in [3.05, 3.63) is 58.1 Å². The molecule has 3 heteroatoms. The lowest BCUT2D eigenvalue weighted by molar-refractivity contribution is 0.112. The van der Waals surface area contributed by atoms with Crippen molar-refractivity contribution in [1.29, 1.82) is 0 Å². The first-order chi connectivity index (χ1) is 9.02. The molecule has 2 aromatic rings. The third kappa shape index (κ3) is 2.79. The molecule has 2 rings (SSSR count). The average molecular weight is 274 g/mol. The lowest BCUT2D eigenvalue weighted by atomic mass is 10.1. The molecular weight excluding hydrogens is 258 g/mol. The number of aldehydes is 1. The fourth-order valence-corrected chi connectivity index (χ4v) is 2.43. The van der Waals surface area contributed by atoms with Crippen LogP contribution in [-0.2, 0) is 0 Å². The van der Waals surface area contributed by atoms with Crippen molar-refractivity contribution in [1.82, 2.24) is 0 Å². The number of hydrogen-bond donors (Lipinski definition) is 0. The highest BCUT2D eigenvalue weighted by Gasteiger charge is 2.12. The molecule has 98 valence electrons. The summed E-state index contributed by atoms with van der Waals surface area (Å²) in [5.74, 6) is 0. The molecule has 0 saturated heterocycles. The number of nitrogens with zero attached hydrogens (tertiary/aromatic N) is 1. The van der Waals surface area contributed by atoms with Gasteiger partial charge in [0.1, 0.15) is 0 Å². The number of anilines is 2. The standard InChI is InChI=1S/C16H16ClNO/c1-11-7-12(2)9-13(8-11)18(3)16-6-4-5-15(17)14(16)10-19/h4-10H,1-3H3. The summed E-state index contributed by atoms with van der Waals surface area (Å²) in [7, 11) is 1.94. The Morgan fingerprint density at radius 1 is 1.11 bits per heavy atom. The van der Waals surface area contributed by atoms with Crippen LogP contribution in [0.25, 0.3) is 0 Å². The number of benzene rings is 2. The minimum absolute atomic E-state index is 0.476. The van der Waals surface area contributed by atoms with Gasteiger partial charge in [-0.3, -0.25) is 4.79 Å². The Morgan fingerprint density at radius 3 is 2.32 bits per heavy atom. The highest BCUT2D eigenvalue weighted by atomic mass is 35.5. The molecule has 2 aromatic carbocycles. The zero-order valence-corrected chi connectivity index (χ0v) is 12.0. The quantitative estimate of drug-likeness (QED) is 0.766. The van der Waals surface area contributed by atoms with Crippen molar-refractivity contribution in [3.8, 4) is 0 Å². The lowest BCUT2D eigenvalue weighted by Gasteiger charge is -2.22. The monoisotopic (exact) mass is 273 g/mol. The molecule has 2 nitrogen and oxygen atoms in total. The Labute approximate surface area is 118 Å². The molecule has 0 unspecified atom stereocenters. The first kappa shape index (κ1) is 13.6. The molecular formula is C16H16ClNO. The van der Waals surface area contributed by atoms with E-state index in [9.17, 15) is 4.79 Å². The molecule has 0 N–H and O–H groups in total. The van der Waals surface area contributed by atoms with Gasteiger partial charge in [-0.15, -0.1) is 0 Å². The summed E-state index contributed by atoms with van der Waals surface area (Å²) >= 11 is 6.07. The summed E-state index contributed by atoms with van der Waals surface area (Å²) in [5, 5.41) is 0.476. The number of carbonyl (C=O) groups is 1. The van der Waals surface area contributed by atoms with Gasteiger partial charge in [0.25, 0.3) is 0 Å². The second kappa shape index (κ2) is 5.45. The van der Waals surface area contributed by atoms with Gasteiger partial charge in [0.2, 0.25) is 0 Å². The molecule has 0 aliphatic heterocycles. The molecule has 0 amide bonds. The number of carbonyl (C=O) groups excluding carboxylic acids is 1. The van der Waals surface area contributed by atoms with E-state index in [0.29, 0.717) is 10.6 Å². The van der Waals surface area contributed by atoms with Crippen LogP contribution < -0.4 is 4.90 Å². The van der Waals surface area contributed by atoms with Crippen molar-refractivity contribution in [2.75, 3.05) is 11.9 Å². The summed E-state index contributed by atoms with van der Waals surface area (Å²) in [6.45, 7) is 4.12. The van der Waals surface area contributed by atoms with E-state index in [4.69, 9.17) is 11.6 Å². The highest BCUT2D eigenvalue weighted by molar-refractivity contribution is 6.33. The Bertz CT molecular complexity index is 602. The molecule has 19 heavy (non-hydrogen) atoms. The SMILES string of the molecule is Cc1cc(C)cc(N(C)c2cccc(Cl)c2C=O)c1. The van der Waals surface area contributed by atoms with Crippen molar-refractivity contribution < 1.29 is 4.79 Å². The molecule has 0 atom stereocenters. The maximum Gasteiger partial charge on any atom is 0.153 e. The number of rotatable bonds is 3. The Balaban J connectivity index is 2.52. The minimum Gasteiger partial charge on any atom is -0.344 e. The van der Waals surface area contributed by atoms with E-state index in [2.05, 4.69) is 32.0 Å². The molecule has 0 spiro atoms. The van der Waals surface area contributed by atoms with Gasteiger partial charge < -0.3 is 4.90 Å². The Hall–Kier alpha value is -1.80. The van der Waals surface area contributed by atoms with Crippen LogP contribution in [0.2, 0.25) is 5.02 Å². The molecule has 0 aliphatic carbocycles.